The Bertz CT molecular complexity index is 436. The maximum absolute atomic E-state index is 9.46. The molecule has 2 atom stereocenters. The highest BCUT2D eigenvalue weighted by Gasteiger charge is 2.32. The van der Waals surface area contributed by atoms with Gasteiger partial charge in [0.2, 0.25) is 0 Å². The monoisotopic (exact) mass is 248 g/mol. The number of likely N-dealkylation sites (tertiary alicyclic amines) is 1. The number of fused-ring (bicyclic) bond motifs is 1. The summed E-state index contributed by atoms with van der Waals surface area (Å²) in [6.07, 6.45) is 2.45. The molecule has 0 saturated carbocycles. The maximum atomic E-state index is 9.46. The molecule has 2 aliphatic heterocycles. The lowest BCUT2D eigenvalue weighted by atomic mass is 9.95. The highest BCUT2D eigenvalue weighted by atomic mass is 16.5. The minimum atomic E-state index is 0.271. The van der Waals surface area contributed by atoms with Crippen molar-refractivity contribution in [2.75, 3.05) is 26.2 Å². The first-order valence-electron chi connectivity index (χ1n) is 6.68. The number of ether oxygens (including phenoxy) is 1. The Labute approximate surface area is 107 Å². The number of phenolic OH excluding ortho intramolecular Hbond substituents is 1. The van der Waals surface area contributed by atoms with Crippen LogP contribution < -0.4 is 10.5 Å². The number of phenols is 1. The zero-order valence-electron chi connectivity index (χ0n) is 10.5. The van der Waals surface area contributed by atoms with Crippen LogP contribution in [0.3, 0.4) is 0 Å². The van der Waals surface area contributed by atoms with Crippen molar-refractivity contribution < 1.29 is 9.84 Å². The number of hydrogen-bond acceptors (Lipinski definition) is 4. The van der Waals surface area contributed by atoms with Crippen LogP contribution in [0.2, 0.25) is 0 Å². The van der Waals surface area contributed by atoms with E-state index in [0.717, 1.165) is 25.4 Å². The van der Waals surface area contributed by atoms with Crippen molar-refractivity contribution in [3.8, 4) is 11.5 Å². The Morgan fingerprint density at radius 1 is 1.44 bits per heavy atom. The van der Waals surface area contributed by atoms with E-state index in [1.807, 2.05) is 6.07 Å². The molecule has 0 aliphatic carbocycles. The number of piperidine rings is 1. The molecule has 2 heterocycles. The van der Waals surface area contributed by atoms with Crippen molar-refractivity contribution in [2.24, 2.45) is 11.7 Å². The number of rotatable bonds is 2. The van der Waals surface area contributed by atoms with Crippen molar-refractivity contribution in [2.45, 2.75) is 18.9 Å². The van der Waals surface area contributed by atoms with E-state index in [2.05, 4.69) is 4.90 Å². The van der Waals surface area contributed by atoms with Gasteiger partial charge >= 0.3 is 0 Å². The van der Waals surface area contributed by atoms with Crippen LogP contribution in [0.15, 0.2) is 18.2 Å². The fourth-order valence-electron chi connectivity index (χ4n) is 3.06. The zero-order valence-corrected chi connectivity index (χ0v) is 10.5. The molecule has 1 fully saturated rings. The van der Waals surface area contributed by atoms with Crippen LogP contribution in [-0.4, -0.2) is 36.2 Å². The van der Waals surface area contributed by atoms with Crippen LogP contribution in [0, 0.1) is 5.92 Å². The summed E-state index contributed by atoms with van der Waals surface area (Å²) in [6, 6.07) is 5.76. The average Bonchev–Trinajstić information content (AvgIpc) is 2.81. The second kappa shape index (κ2) is 4.78. The predicted molar refractivity (Wildman–Crippen MR) is 69.7 cm³/mol. The first kappa shape index (κ1) is 11.8. The normalized spacial score (nSPS) is 27.8. The van der Waals surface area contributed by atoms with Crippen molar-refractivity contribution in [3.05, 3.63) is 23.8 Å². The molecule has 1 aromatic rings. The molecule has 18 heavy (non-hydrogen) atoms. The second-order valence-corrected chi connectivity index (χ2v) is 5.29. The Morgan fingerprint density at radius 3 is 3.17 bits per heavy atom. The van der Waals surface area contributed by atoms with E-state index in [-0.39, 0.29) is 5.75 Å². The average molecular weight is 248 g/mol. The second-order valence-electron chi connectivity index (χ2n) is 5.29. The summed E-state index contributed by atoms with van der Waals surface area (Å²) in [7, 11) is 0. The lowest BCUT2D eigenvalue weighted by Gasteiger charge is -2.35. The third-order valence-electron chi connectivity index (χ3n) is 4.08. The quantitative estimate of drug-likeness (QED) is 0.832. The highest BCUT2D eigenvalue weighted by molar-refractivity contribution is 5.44. The van der Waals surface area contributed by atoms with E-state index in [1.165, 1.54) is 18.4 Å². The molecule has 2 aliphatic rings. The van der Waals surface area contributed by atoms with Crippen LogP contribution >= 0.6 is 0 Å². The Morgan fingerprint density at radius 2 is 2.33 bits per heavy atom. The van der Waals surface area contributed by atoms with Gasteiger partial charge in [-0.3, -0.25) is 4.90 Å². The van der Waals surface area contributed by atoms with Crippen molar-refractivity contribution in [3.63, 3.8) is 0 Å². The summed E-state index contributed by atoms with van der Waals surface area (Å²) in [5, 5.41) is 9.46. The van der Waals surface area contributed by atoms with Gasteiger partial charge in [0.05, 0.1) is 6.04 Å². The molecule has 0 radical (unpaired) electrons. The van der Waals surface area contributed by atoms with Crippen molar-refractivity contribution in [1.29, 1.82) is 0 Å². The van der Waals surface area contributed by atoms with E-state index >= 15 is 0 Å². The molecule has 1 saturated heterocycles. The van der Waals surface area contributed by atoms with Gasteiger partial charge in [0.1, 0.15) is 18.1 Å². The first-order valence-corrected chi connectivity index (χ1v) is 6.68. The van der Waals surface area contributed by atoms with Gasteiger partial charge in [-0.25, -0.2) is 0 Å². The minimum Gasteiger partial charge on any atom is -0.508 e. The maximum Gasteiger partial charge on any atom is 0.127 e. The highest BCUT2D eigenvalue weighted by Crippen LogP contribution is 2.39. The van der Waals surface area contributed by atoms with Gasteiger partial charge in [0, 0.05) is 18.2 Å². The van der Waals surface area contributed by atoms with Crippen molar-refractivity contribution in [1.82, 2.24) is 4.90 Å². The van der Waals surface area contributed by atoms with Crippen LogP contribution in [0.1, 0.15) is 24.4 Å². The Balaban J connectivity index is 1.79. The molecule has 4 nitrogen and oxygen atoms in total. The lowest BCUT2D eigenvalue weighted by Crippen LogP contribution is -2.41. The number of nitrogens with two attached hydrogens (primary N) is 1. The van der Waals surface area contributed by atoms with Gasteiger partial charge < -0.3 is 15.6 Å². The first-order chi connectivity index (χ1) is 8.78. The molecule has 3 rings (SSSR count). The molecule has 3 N–H and O–H groups in total. The van der Waals surface area contributed by atoms with E-state index in [0.29, 0.717) is 18.6 Å². The predicted octanol–water partition coefficient (Wildman–Crippen LogP) is 1.50. The standard InChI is InChI=1S/C14H20N2O2/c15-7-10-2-1-5-16(8-10)13-9-18-14-6-11(17)3-4-12(13)14/h3-4,6,10,13,17H,1-2,5,7-9,15H2. The third kappa shape index (κ3) is 2.06. The number of aromatic hydroxyl groups is 1. The summed E-state index contributed by atoms with van der Waals surface area (Å²) in [4.78, 5) is 2.48. The minimum absolute atomic E-state index is 0.271. The molecule has 0 amide bonds. The molecule has 98 valence electrons. The van der Waals surface area contributed by atoms with Crippen LogP contribution in [0.4, 0.5) is 0 Å². The number of benzene rings is 1. The summed E-state index contributed by atoms with van der Waals surface area (Å²) in [5.74, 6) is 1.71. The molecule has 2 unspecified atom stereocenters. The van der Waals surface area contributed by atoms with Gasteiger partial charge in [-0.2, -0.15) is 0 Å². The fraction of sp³-hybridized carbons (Fsp3) is 0.571. The van der Waals surface area contributed by atoms with E-state index in [9.17, 15) is 5.11 Å². The Hall–Kier alpha value is -1.26. The van der Waals surface area contributed by atoms with E-state index < -0.39 is 0 Å². The lowest BCUT2D eigenvalue weighted by molar-refractivity contribution is 0.108. The summed E-state index contributed by atoms with van der Waals surface area (Å²) < 4.78 is 5.68. The van der Waals surface area contributed by atoms with Crippen LogP contribution in [0.25, 0.3) is 0 Å². The molecular formula is C14H20N2O2. The van der Waals surface area contributed by atoms with Gasteiger partial charge in [0.15, 0.2) is 0 Å². The molecule has 4 heteroatoms. The molecular weight excluding hydrogens is 228 g/mol. The molecule has 0 aromatic heterocycles. The summed E-state index contributed by atoms with van der Waals surface area (Å²) in [6.45, 7) is 3.64. The zero-order chi connectivity index (χ0) is 12.5. The van der Waals surface area contributed by atoms with Gasteiger partial charge in [-0.15, -0.1) is 0 Å². The molecule has 1 aromatic carbocycles. The molecule has 0 spiro atoms. The number of hydrogen-bond donors (Lipinski definition) is 2. The van der Waals surface area contributed by atoms with Crippen LogP contribution in [0.5, 0.6) is 11.5 Å². The van der Waals surface area contributed by atoms with E-state index in [4.69, 9.17) is 10.5 Å². The number of nitrogens with zero attached hydrogens (tertiary/aromatic N) is 1. The topological polar surface area (TPSA) is 58.7 Å². The fourth-order valence-corrected chi connectivity index (χ4v) is 3.06. The SMILES string of the molecule is NCC1CCCN(C2COc3cc(O)ccc32)C1. The summed E-state index contributed by atoms with van der Waals surface area (Å²) >= 11 is 0. The largest absolute Gasteiger partial charge is 0.508 e. The van der Waals surface area contributed by atoms with Crippen LogP contribution in [-0.2, 0) is 0 Å². The van der Waals surface area contributed by atoms with Gasteiger partial charge in [-0.1, -0.05) is 0 Å². The molecule has 0 bridgehead atoms. The third-order valence-corrected chi connectivity index (χ3v) is 4.08. The summed E-state index contributed by atoms with van der Waals surface area (Å²) in [5.41, 5.74) is 6.99. The smallest absolute Gasteiger partial charge is 0.127 e. The van der Waals surface area contributed by atoms with E-state index in [1.54, 1.807) is 12.1 Å². The van der Waals surface area contributed by atoms with Gasteiger partial charge in [0.25, 0.3) is 0 Å². The van der Waals surface area contributed by atoms with Gasteiger partial charge in [-0.05, 0) is 44.0 Å². The van der Waals surface area contributed by atoms with Crippen molar-refractivity contribution >= 4 is 0 Å². The Kier molecular flexibility index (Phi) is 3.14.